The lowest BCUT2D eigenvalue weighted by Gasteiger charge is -2.08. The van der Waals surface area contributed by atoms with E-state index in [1.54, 1.807) is 18.2 Å². The lowest BCUT2D eigenvalue weighted by Crippen LogP contribution is -2.21. The molecule has 1 heterocycles. The van der Waals surface area contributed by atoms with Crippen molar-refractivity contribution in [2.45, 2.75) is 6.54 Å². The van der Waals surface area contributed by atoms with Crippen LogP contribution in [0.25, 0.3) is 10.9 Å². The molecular weight excluding hydrogens is 269 g/mol. The Morgan fingerprint density at radius 1 is 1.24 bits per heavy atom. The molecule has 0 saturated heterocycles. The van der Waals surface area contributed by atoms with E-state index in [0.29, 0.717) is 16.5 Å². The summed E-state index contributed by atoms with van der Waals surface area (Å²) in [6, 6.07) is 13.1. The van der Waals surface area contributed by atoms with E-state index >= 15 is 0 Å². The van der Waals surface area contributed by atoms with Gasteiger partial charge in [-0.1, -0.05) is 18.2 Å². The number of nitriles is 1. The second-order valence-electron chi connectivity index (χ2n) is 4.61. The lowest BCUT2D eigenvalue weighted by molar-refractivity contribution is 0.629. The van der Waals surface area contributed by atoms with Crippen molar-refractivity contribution in [3.63, 3.8) is 0 Å². The number of nitrogens with zero attached hydrogens (tertiary/aromatic N) is 3. The fourth-order valence-corrected chi connectivity index (χ4v) is 2.19. The molecule has 4 nitrogen and oxygen atoms in total. The SMILES string of the molecule is N#Cc1ccccc1Cn1cnc2cc(F)ccc2c1=O. The van der Waals surface area contributed by atoms with Gasteiger partial charge in [-0.25, -0.2) is 9.37 Å². The van der Waals surface area contributed by atoms with Crippen LogP contribution in [0.5, 0.6) is 0 Å². The highest BCUT2D eigenvalue weighted by molar-refractivity contribution is 5.77. The van der Waals surface area contributed by atoms with Crippen LogP contribution >= 0.6 is 0 Å². The Morgan fingerprint density at radius 2 is 2.05 bits per heavy atom. The molecule has 0 aliphatic carbocycles. The van der Waals surface area contributed by atoms with E-state index in [0.717, 1.165) is 5.56 Å². The molecule has 0 aliphatic rings. The van der Waals surface area contributed by atoms with Gasteiger partial charge in [-0.2, -0.15) is 5.26 Å². The molecule has 0 unspecified atom stereocenters. The van der Waals surface area contributed by atoms with Crippen molar-refractivity contribution in [1.29, 1.82) is 5.26 Å². The summed E-state index contributed by atoms with van der Waals surface area (Å²) >= 11 is 0. The largest absolute Gasteiger partial charge is 0.294 e. The van der Waals surface area contributed by atoms with Gasteiger partial charge in [0.05, 0.1) is 35.4 Å². The van der Waals surface area contributed by atoms with Crippen LogP contribution in [0.3, 0.4) is 0 Å². The zero-order valence-electron chi connectivity index (χ0n) is 11.0. The van der Waals surface area contributed by atoms with Crippen LogP contribution in [0.4, 0.5) is 4.39 Å². The van der Waals surface area contributed by atoms with Crippen LogP contribution in [0.1, 0.15) is 11.1 Å². The minimum atomic E-state index is -0.429. The molecule has 0 aliphatic heterocycles. The molecular formula is C16H10FN3O. The predicted molar refractivity (Wildman–Crippen MR) is 76.2 cm³/mol. The number of hydrogen-bond acceptors (Lipinski definition) is 3. The third-order valence-electron chi connectivity index (χ3n) is 3.27. The van der Waals surface area contributed by atoms with Gasteiger partial charge in [-0.15, -0.1) is 0 Å². The highest BCUT2D eigenvalue weighted by Gasteiger charge is 2.07. The van der Waals surface area contributed by atoms with E-state index in [-0.39, 0.29) is 12.1 Å². The van der Waals surface area contributed by atoms with Crippen molar-refractivity contribution < 1.29 is 4.39 Å². The number of rotatable bonds is 2. The average Bonchev–Trinajstić information content (AvgIpc) is 2.50. The van der Waals surface area contributed by atoms with Crippen LogP contribution < -0.4 is 5.56 Å². The maximum Gasteiger partial charge on any atom is 0.261 e. The van der Waals surface area contributed by atoms with Crippen LogP contribution in [-0.4, -0.2) is 9.55 Å². The molecule has 0 radical (unpaired) electrons. The van der Waals surface area contributed by atoms with E-state index in [1.165, 1.54) is 29.1 Å². The quantitative estimate of drug-likeness (QED) is 0.724. The Kier molecular flexibility index (Phi) is 3.20. The second-order valence-corrected chi connectivity index (χ2v) is 4.61. The van der Waals surface area contributed by atoms with Crippen molar-refractivity contribution in [3.05, 3.63) is 76.1 Å². The van der Waals surface area contributed by atoms with Crippen LogP contribution in [0, 0.1) is 17.1 Å². The maximum absolute atomic E-state index is 13.1. The summed E-state index contributed by atoms with van der Waals surface area (Å²) in [5.41, 5.74) is 1.33. The summed E-state index contributed by atoms with van der Waals surface area (Å²) in [7, 11) is 0. The standard InChI is InChI=1S/C16H10FN3O/c17-13-5-6-14-15(7-13)19-10-20(16(14)21)9-12-4-2-1-3-11(12)8-18/h1-7,10H,9H2. The number of benzene rings is 2. The van der Waals surface area contributed by atoms with Gasteiger partial charge in [-0.05, 0) is 23.8 Å². The van der Waals surface area contributed by atoms with Crippen molar-refractivity contribution in [1.82, 2.24) is 9.55 Å². The molecule has 0 bridgehead atoms. The van der Waals surface area contributed by atoms with E-state index in [2.05, 4.69) is 11.1 Å². The Balaban J connectivity index is 2.10. The zero-order chi connectivity index (χ0) is 14.8. The number of fused-ring (bicyclic) bond motifs is 1. The van der Waals surface area contributed by atoms with Gasteiger partial charge in [-0.3, -0.25) is 9.36 Å². The summed E-state index contributed by atoms with van der Waals surface area (Å²) < 4.78 is 14.5. The normalized spacial score (nSPS) is 10.5. The van der Waals surface area contributed by atoms with Crippen molar-refractivity contribution >= 4 is 10.9 Å². The first kappa shape index (κ1) is 13.0. The highest BCUT2D eigenvalue weighted by atomic mass is 19.1. The molecule has 0 saturated carbocycles. The molecule has 21 heavy (non-hydrogen) atoms. The van der Waals surface area contributed by atoms with Gasteiger partial charge in [0.15, 0.2) is 0 Å². The lowest BCUT2D eigenvalue weighted by atomic mass is 10.1. The van der Waals surface area contributed by atoms with Gasteiger partial charge < -0.3 is 0 Å². The Hall–Kier alpha value is -3.00. The van der Waals surface area contributed by atoms with Gasteiger partial charge in [0.25, 0.3) is 5.56 Å². The third-order valence-corrected chi connectivity index (χ3v) is 3.27. The minimum Gasteiger partial charge on any atom is -0.294 e. The monoisotopic (exact) mass is 279 g/mol. The molecule has 3 aromatic rings. The van der Waals surface area contributed by atoms with E-state index in [1.807, 2.05) is 6.07 Å². The number of aromatic nitrogens is 2. The first-order chi connectivity index (χ1) is 10.2. The first-order valence-corrected chi connectivity index (χ1v) is 6.32. The molecule has 0 atom stereocenters. The number of hydrogen-bond donors (Lipinski definition) is 0. The smallest absolute Gasteiger partial charge is 0.261 e. The first-order valence-electron chi connectivity index (χ1n) is 6.32. The van der Waals surface area contributed by atoms with Gasteiger partial charge in [0, 0.05) is 6.07 Å². The van der Waals surface area contributed by atoms with Gasteiger partial charge in [0.2, 0.25) is 0 Å². The molecule has 0 N–H and O–H groups in total. The summed E-state index contributed by atoms with van der Waals surface area (Å²) in [5, 5.41) is 9.43. The van der Waals surface area contributed by atoms with Crippen LogP contribution in [0.15, 0.2) is 53.6 Å². The predicted octanol–water partition coefficient (Wildman–Crippen LogP) is 2.46. The summed E-state index contributed by atoms with van der Waals surface area (Å²) in [4.78, 5) is 16.5. The molecule has 2 aromatic carbocycles. The minimum absolute atomic E-state index is 0.253. The fourth-order valence-electron chi connectivity index (χ4n) is 2.19. The molecule has 0 amide bonds. The maximum atomic E-state index is 13.1. The third kappa shape index (κ3) is 2.39. The Morgan fingerprint density at radius 3 is 2.86 bits per heavy atom. The molecule has 1 aromatic heterocycles. The molecule has 102 valence electrons. The van der Waals surface area contributed by atoms with E-state index in [4.69, 9.17) is 5.26 Å². The van der Waals surface area contributed by atoms with Gasteiger partial charge >= 0.3 is 0 Å². The molecule has 5 heteroatoms. The second kappa shape index (κ2) is 5.17. The molecule has 0 spiro atoms. The van der Waals surface area contributed by atoms with Gasteiger partial charge in [0.1, 0.15) is 5.82 Å². The van der Waals surface area contributed by atoms with Crippen molar-refractivity contribution in [2.24, 2.45) is 0 Å². The van der Waals surface area contributed by atoms with Crippen molar-refractivity contribution in [2.75, 3.05) is 0 Å². The van der Waals surface area contributed by atoms with Crippen LogP contribution in [-0.2, 0) is 6.54 Å². The Bertz CT molecular complexity index is 925. The fraction of sp³-hybridized carbons (Fsp3) is 0.0625. The summed E-state index contributed by atoms with van der Waals surface area (Å²) in [5.74, 6) is -0.429. The van der Waals surface area contributed by atoms with Crippen molar-refractivity contribution in [3.8, 4) is 6.07 Å². The average molecular weight is 279 g/mol. The Labute approximate surface area is 119 Å². The molecule has 0 fully saturated rings. The van der Waals surface area contributed by atoms with Crippen LogP contribution in [0.2, 0.25) is 0 Å². The molecule has 3 rings (SSSR count). The van der Waals surface area contributed by atoms with E-state index in [9.17, 15) is 9.18 Å². The highest BCUT2D eigenvalue weighted by Crippen LogP contribution is 2.11. The number of halogens is 1. The zero-order valence-corrected chi connectivity index (χ0v) is 11.0. The summed E-state index contributed by atoms with van der Waals surface area (Å²) in [6.07, 6.45) is 1.37. The summed E-state index contributed by atoms with van der Waals surface area (Å²) in [6.45, 7) is 0.253. The topological polar surface area (TPSA) is 58.7 Å². The van der Waals surface area contributed by atoms with E-state index < -0.39 is 5.82 Å².